The number of carbonyl (C=O) groups excluding carboxylic acids is 1. The predicted molar refractivity (Wildman–Crippen MR) is 86.6 cm³/mol. The van der Waals surface area contributed by atoms with Gasteiger partial charge in [0.15, 0.2) is 0 Å². The van der Waals surface area contributed by atoms with Gasteiger partial charge < -0.3 is 4.74 Å². The first-order chi connectivity index (χ1) is 9.26. The zero-order chi connectivity index (χ0) is 15.7. The molecule has 0 aliphatic heterocycles. The first-order valence-electron chi connectivity index (χ1n) is 8.11. The Morgan fingerprint density at radius 1 is 1.00 bits per heavy atom. The molecule has 0 saturated heterocycles. The lowest BCUT2D eigenvalue weighted by atomic mass is 9.85. The van der Waals surface area contributed by atoms with Crippen molar-refractivity contribution in [3.05, 3.63) is 11.6 Å². The molecule has 0 saturated carbocycles. The summed E-state index contributed by atoms with van der Waals surface area (Å²) in [6.07, 6.45) is 5.77. The molecule has 0 aromatic heterocycles. The highest BCUT2D eigenvalue weighted by Gasteiger charge is 2.14. The van der Waals surface area contributed by atoms with E-state index in [1.807, 2.05) is 13.8 Å². The van der Waals surface area contributed by atoms with E-state index in [0.29, 0.717) is 18.4 Å². The molecule has 118 valence electrons. The van der Waals surface area contributed by atoms with Crippen LogP contribution in [0.15, 0.2) is 11.6 Å². The second-order valence-corrected chi connectivity index (χ2v) is 6.86. The Kier molecular flexibility index (Phi) is 9.62. The molecule has 2 nitrogen and oxygen atoms in total. The molecule has 0 spiro atoms. The summed E-state index contributed by atoms with van der Waals surface area (Å²) in [5, 5.41) is 0. The van der Waals surface area contributed by atoms with Gasteiger partial charge in [0.25, 0.3) is 0 Å². The lowest BCUT2D eigenvalue weighted by Crippen LogP contribution is -2.10. The third-order valence-electron chi connectivity index (χ3n) is 3.58. The van der Waals surface area contributed by atoms with Crippen molar-refractivity contribution >= 4 is 5.97 Å². The van der Waals surface area contributed by atoms with Gasteiger partial charge >= 0.3 is 5.97 Å². The van der Waals surface area contributed by atoms with Gasteiger partial charge in [-0.2, -0.15) is 0 Å². The smallest absolute Gasteiger partial charge is 0.333 e. The molecule has 0 radical (unpaired) electrons. The lowest BCUT2D eigenvalue weighted by molar-refractivity contribution is -0.138. The van der Waals surface area contributed by atoms with Gasteiger partial charge in [-0.25, -0.2) is 4.79 Å². The molecule has 3 atom stereocenters. The Labute approximate surface area is 126 Å². The maximum atomic E-state index is 11.6. The van der Waals surface area contributed by atoms with Crippen LogP contribution in [0.1, 0.15) is 67.7 Å². The third-order valence-corrected chi connectivity index (χ3v) is 3.58. The van der Waals surface area contributed by atoms with E-state index in [-0.39, 0.29) is 5.97 Å². The van der Waals surface area contributed by atoms with Crippen molar-refractivity contribution in [2.75, 3.05) is 6.61 Å². The van der Waals surface area contributed by atoms with Crippen LogP contribution in [0.2, 0.25) is 0 Å². The summed E-state index contributed by atoms with van der Waals surface area (Å²) in [6.45, 7) is 15.6. The summed E-state index contributed by atoms with van der Waals surface area (Å²) in [7, 11) is 0. The molecule has 0 fully saturated rings. The lowest BCUT2D eigenvalue weighted by Gasteiger charge is -2.20. The van der Waals surface area contributed by atoms with Gasteiger partial charge in [0.2, 0.25) is 0 Å². The fraction of sp³-hybridized carbons (Fsp3) is 0.833. The summed E-state index contributed by atoms with van der Waals surface area (Å²) < 4.78 is 5.01. The number of hydrogen-bond acceptors (Lipinski definition) is 2. The fourth-order valence-corrected chi connectivity index (χ4v) is 3.13. The number of ether oxygens (including phenoxy) is 1. The third kappa shape index (κ3) is 9.17. The van der Waals surface area contributed by atoms with Crippen LogP contribution in [0.3, 0.4) is 0 Å². The zero-order valence-electron chi connectivity index (χ0n) is 14.5. The predicted octanol–water partition coefficient (Wildman–Crippen LogP) is 5.23. The molecule has 0 amide bonds. The largest absolute Gasteiger partial charge is 0.463 e. The van der Waals surface area contributed by atoms with Gasteiger partial charge in [-0.1, -0.05) is 40.7 Å². The first kappa shape index (κ1) is 19.2. The van der Waals surface area contributed by atoms with Crippen molar-refractivity contribution < 1.29 is 9.53 Å². The summed E-state index contributed by atoms with van der Waals surface area (Å²) >= 11 is 0. The van der Waals surface area contributed by atoms with Crippen molar-refractivity contribution in [1.82, 2.24) is 0 Å². The molecule has 0 aromatic rings. The monoisotopic (exact) mass is 282 g/mol. The van der Waals surface area contributed by atoms with E-state index < -0.39 is 0 Å². The Morgan fingerprint density at radius 2 is 1.55 bits per heavy atom. The second-order valence-electron chi connectivity index (χ2n) is 6.86. The number of rotatable bonds is 9. The van der Waals surface area contributed by atoms with Crippen LogP contribution in [-0.4, -0.2) is 12.6 Å². The van der Waals surface area contributed by atoms with Crippen molar-refractivity contribution in [3.8, 4) is 0 Å². The van der Waals surface area contributed by atoms with Gasteiger partial charge in [-0.05, 0) is 56.8 Å². The molecule has 0 N–H and O–H groups in total. The topological polar surface area (TPSA) is 26.3 Å². The summed E-state index contributed by atoms with van der Waals surface area (Å²) in [5.41, 5.74) is 0.738. The van der Waals surface area contributed by atoms with Crippen LogP contribution in [-0.2, 0) is 9.53 Å². The van der Waals surface area contributed by atoms with Gasteiger partial charge in [-0.3, -0.25) is 0 Å². The van der Waals surface area contributed by atoms with Crippen molar-refractivity contribution in [2.24, 2.45) is 23.7 Å². The minimum absolute atomic E-state index is 0.180. The Morgan fingerprint density at radius 3 is 2.05 bits per heavy atom. The van der Waals surface area contributed by atoms with Crippen molar-refractivity contribution in [2.45, 2.75) is 67.7 Å². The van der Waals surface area contributed by atoms with E-state index in [4.69, 9.17) is 4.74 Å². The quantitative estimate of drug-likeness (QED) is 0.427. The zero-order valence-corrected chi connectivity index (χ0v) is 14.5. The number of carbonyl (C=O) groups is 1. The van der Waals surface area contributed by atoms with Gasteiger partial charge in [-0.15, -0.1) is 0 Å². The minimum Gasteiger partial charge on any atom is -0.463 e. The average molecular weight is 282 g/mol. The number of hydrogen-bond donors (Lipinski definition) is 0. The van der Waals surface area contributed by atoms with Crippen LogP contribution in [0, 0.1) is 23.7 Å². The average Bonchev–Trinajstić information content (AvgIpc) is 2.26. The number of esters is 1. The van der Waals surface area contributed by atoms with Gasteiger partial charge in [0.1, 0.15) is 0 Å². The number of allylic oxidation sites excluding steroid dienone is 1. The standard InChI is InChI=1S/C18H34O2/c1-8-20-18(19)17(7)12-16(6)11-15(5)10-14(4)9-13(2)3/h12-16H,8-11H2,1-7H3/b17-12+. The molecule has 20 heavy (non-hydrogen) atoms. The van der Waals surface area contributed by atoms with E-state index in [0.717, 1.165) is 23.8 Å². The highest BCUT2D eigenvalue weighted by Crippen LogP contribution is 2.24. The molecule has 0 aliphatic rings. The summed E-state index contributed by atoms with van der Waals surface area (Å²) in [4.78, 5) is 11.6. The normalized spacial score (nSPS) is 16.9. The van der Waals surface area contributed by atoms with E-state index in [1.165, 1.54) is 12.8 Å². The van der Waals surface area contributed by atoms with Crippen LogP contribution >= 0.6 is 0 Å². The molecule has 0 bridgehead atoms. The SMILES string of the molecule is CCOC(=O)/C(C)=C/C(C)CC(C)CC(C)CC(C)C. The van der Waals surface area contributed by atoms with E-state index >= 15 is 0 Å². The van der Waals surface area contributed by atoms with Gasteiger partial charge in [0.05, 0.1) is 6.61 Å². The molecule has 0 rings (SSSR count). The van der Waals surface area contributed by atoms with E-state index in [1.54, 1.807) is 0 Å². The molecule has 0 aromatic carbocycles. The molecule has 0 aliphatic carbocycles. The molecular formula is C18H34O2. The van der Waals surface area contributed by atoms with Crippen LogP contribution in [0.25, 0.3) is 0 Å². The van der Waals surface area contributed by atoms with Crippen LogP contribution < -0.4 is 0 Å². The maximum Gasteiger partial charge on any atom is 0.333 e. The Hall–Kier alpha value is -0.790. The van der Waals surface area contributed by atoms with E-state index in [2.05, 4.69) is 40.7 Å². The molecular weight excluding hydrogens is 248 g/mol. The second kappa shape index (κ2) is 10.0. The van der Waals surface area contributed by atoms with Crippen molar-refractivity contribution in [3.63, 3.8) is 0 Å². The Balaban J connectivity index is 4.21. The maximum absolute atomic E-state index is 11.6. The highest BCUT2D eigenvalue weighted by molar-refractivity contribution is 5.87. The van der Waals surface area contributed by atoms with Crippen molar-refractivity contribution in [1.29, 1.82) is 0 Å². The first-order valence-corrected chi connectivity index (χ1v) is 8.11. The van der Waals surface area contributed by atoms with E-state index in [9.17, 15) is 4.79 Å². The minimum atomic E-state index is -0.180. The molecule has 2 heteroatoms. The highest BCUT2D eigenvalue weighted by atomic mass is 16.5. The Bertz CT molecular complexity index is 305. The summed E-state index contributed by atoms with van der Waals surface area (Å²) in [6, 6.07) is 0. The fourth-order valence-electron chi connectivity index (χ4n) is 3.13. The van der Waals surface area contributed by atoms with Gasteiger partial charge in [0, 0.05) is 5.57 Å². The summed E-state index contributed by atoms with van der Waals surface area (Å²) in [5.74, 6) is 2.51. The van der Waals surface area contributed by atoms with Crippen LogP contribution in [0.5, 0.6) is 0 Å². The van der Waals surface area contributed by atoms with Crippen LogP contribution in [0.4, 0.5) is 0 Å². The molecule has 0 heterocycles. The molecule has 3 unspecified atom stereocenters.